The van der Waals surface area contributed by atoms with E-state index >= 15 is 0 Å². The van der Waals surface area contributed by atoms with E-state index in [1.165, 1.54) is 10.4 Å². The molecule has 102 valence electrons. The number of amides is 1. The fraction of sp³-hybridized carbons (Fsp3) is 0.417. The Bertz CT molecular complexity index is 562. The van der Waals surface area contributed by atoms with Crippen molar-refractivity contribution in [2.24, 2.45) is 5.73 Å². The van der Waals surface area contributed by atoms with Gasteiger partial charge in [0, 0.05) is 18.5 Å². The standard InChI is InChI=1S/C12H17N5OS/c1-9-3-6-19-11(9)8-16(2)12(18)10-7-17(5-4-13)15-14-10/h3,6-7H,4-5,8,13H2,1-2H3. The van der Waals surface area contributed by atoms with Gasteiger partial charge in [-0.2, -0.15) is 0 Å². The van der Waals surface area contributed by atoms with Crippen molar-refractivity contribution in [1.82, 2.24) is 19.9 Å². The van der Waals surface area contributed by atoms with Gasteiger partial charge in [0.2, 0.25) is 0 Å². The van der Waals surface area contributed by atoms with Gasteiger partial charge in [0.25, 0.3) is 5.91 Å². The molecule has 0 atom stereocenters. The quantitative estimate of drug-likeness (QED) is 0.881. The molecule has 0 bridgehead atoms. The molecule has 1 amide bonds. The average molecular weight is 279 g/mol. The zero-order valence-corrected chi connectivity index (χ0v) is 11.9. The summed E-state index contributed by atoms with van der Waals surface area (Å²) < 4.78 is 1.58. The topological polar surface area (TPSA) is 77.0 Å². The summed E-state index contributed by atoms with van der Waals surface area (Å²) in [4.78, 5) is 15.0. The van der Waals surface area contributed by atoms with Crippen molar-refractivity contribution in [3.8, 4) is 0 Å². The normalized spacial score (nSPS) is 10.7. The molecule has 0 spiro atoms. The zero-order valence-electron chi connectivity index (χ0n) is 11.0. The maximum atomic E-state index is 12.2. The van der Waals surface area contributed by atoms with Crippen LogP contribution in [0.3, 0.4) is 0 Å². The fourth-order valence-corrected chi connectivity index (χ4v) is 2.65. The van der Waals surface area contributed by atoms with Gasteiger partial charge in [-0.25, -0.2) is 0 Å². The summed E-state index contributed by atoms with van der Waals surface area (Å²) in [5.41, 5.74) is 6.99. The number of carbonyl (C=O) groups excluding carboxylic acids is 1. The van der Waals surface area contributed by atoms with Gasteiger partial charge in [-0.1, -0.05) is 5.21 Å². The first-order valence-electron chi connectivity index (χ1n) is 6.00. The van der Waals surface area contributed by atoms with Crippen LogP contribution in [-0.4, -0.2) is 39.4 Å². The third kappa shape index (κ3) is 3.18. The Kier molecular flexibility index (Phi) is 4.28. The van der Waals surface area contributed by atoms with Crippen molar-refractivity contribution in [2.75, 3.05) is 13.6 Å². The molecule has 0 saturated heterocycles. The number of aryl methyl sites for hydroxylation is 1. The Morgan fingerprint density at radius 2 is 2.37 bits per heavy atom. The molecule has 0 aliphatic rings. The lowest BCUT2D eigenvalue weighted by Crippen LogP contribution is -2.26. The average Bonchev–Trinajstić information content (AvgIpc) is 2.99. The van der Waals surface area contributed by atoms with Crippen LogP contribution in [0, 0.1) is 6.92 Å². The molecule has 0 aliphatic carbocycles. The van der Waals surface area contributed by atoms with Crippen LogP contribution >= 0.6 is 11.3 Å². The molecular weight excluding hydrogens is 262 g/mol. The first-order chi connectivity index (χ1) is 9.11. The summed E-state index contributed by atoms with van der Waals surface area (Å²) in [6, 6.07) is 2.05. The molecule has 6 nitrogen and oxygen atoms in total. The molecule has 0 unspecified atom stereocenters. The number of hydrogen-bond donors (Lipinski definition) is 1. The van der Waals surface area contributed by atoms with Gasteiger partial charge < -0.3 is 10.6 Å². The highest BCUT2D eigenvalue weighted by atomic mass is 32.1. The zero-order chi connectivity index (χ0) is 13.8. The number of hydrogen-bond acceptors (Lipinski definition) is 5. The third-order valence-electron chi connectivity index (χ3n) is 2.81. The Hall–Kier alpha value is -1.73. The lowest BCUT2D eigenvalue weighted by Gasteiger charge is -2.15. The van der Waals surface area contributed by atoms with Gasteiger partial charge in [-0.05, 0) is 23.9 Å². The molecule has 7 heteroatoms. The smallest absolute Gasteiger partial charge is 0.276 e. The summed E-state index contributed by atoms with van der Waals surface area (Å²) in [7, 11) is 1.77. The Morgan fingerprint density at radius 1 is 1.58 bits per heavy atom. The highest BCUT2D eigenvalue weighted by Crippen LogP contribution is 2.17. The van der Waals surface area contributed by atoms with Crippen molar-refractivity contribution in [3.05, 3.63) is 33.8 Å². The first kappa shape index (κ1) is 13.7. The summed E-state index contributed by atoms with van der Waals surface area (Å²) in [6.45, 7) is 3.67. The highest BCUT2D eigenvalue weighted by Gasteiger charge is 2.16. The van der Waals surface area contributed by atoms with Gasteiger partial charge in [0.15, 0.2) is 5.69 Å². The lowest BCUT2D eigenvalue weighted by atomic mass is 10.3. The molecule has 2 rings (SSSR count). The van der Waals surface area contributed by atoms with E-state index in [0.29, 0.717) is 25.3 Å². The number of carbonyl (C=O) groups is 1. The number of thiophene rings is 1. The monoisotopic (exact) mass is 279 g/mol. The predicted molar refractivity (Wildman–Crippen MR) is 73.9 cm³/mol. The second-order valence-electron chi connectivity index (χ2n) is 4.34. The lowest BCUT2D eigenvalue weighted by molar-refractivity contribution is 0.0780. The van der Waals surface area contributed by atoms with E-state index < -0.39 is 0 Å². The molecule has 2 heterocycles. The molecule has 0 aromatic carbocycles. The van der Waals surface area contributed by atoms with E-state index in [4.69, 9.17) is 5.73 Å². The van der Waals surface area contributed by atoms with E-state index in [9.17, 15) is 4.79 Å². The fourth-order valence-electron chi connectivity index (χ4n) is 1.69. The highest BCUT2D eigenvalue weighted by molar-refractivity contribution is 7.10. The van der Waals surface area contributed by atoms with Crippen molar-refractivity contribution in [3.63, 3.8) is 0 Å². The molecule has 0 fully saturated rings. The van der Waals surface area contributed by atoms with Crippen LogP contribution in [0.25, 0.3) is 0 Å². The molecule has 0 aliphatic heterocycles. The minimum Gasteiger partial charge on any atom is -0.335 e. The summed E-state index contributed by atoms with van der Waals surface area (Å²) >= 11 is 1.65. The van der Waals surface area contributed by atoms with Crippen LogP contribution in [0.15, 0.2) is 17.6 Å². The SMILES string of the molecule is Cc1ccsc1CN(C)C(=O)c1cn(CCN)nn1. The number of nitrogens with two attached hydrogens (primary N) is 1. The predicted octanol–water partition coefficient (Wildman–Crippen LogP) is 0.879. The number of nitrogens with zero attached hydrogens (tertiary/aromatic N) is 4. The molecule has 0 radical (unpaired) electrons. The van der Waals surface area contributed by atoms with E-state index in [0.717, 1.165) is 0 Å². The van der Waals surface area contributed by atoms with E-state index in [2.05, 4.69) is 16.4 Å². The van der Waals surface area contributed by atoms with Crippen LogP contribution < -0.4 is 5.73 Å². The van der Waals surface area contributed by atoms with E-state index in [1.54, 1.807) is 34.2 Å². The largest absolute Gasteiger partial charge is 0.335 e. The van der Waals surface area contributed by atoms with Gasteiger partial charge in [-0.3, -0.25) is 9.48 Å². The maximum Gasteiger partial charge on any atom is 0.276 e. The summed E-state index contributed by atoms with van der Waals surface area (Å²) in [6.07, 6.45) is 1.63. The van der Waals surface area contributed by atoms with Crippen LogP contribution in [-0.2, 0) is 13.1 Å². The molecule has 2 aromatic heterocycles. The Labute approximate surface area is 115 Å². The van der Waals surface area contributed by atoms with Gasteiger partial charge in [-0.15, -0.1) is 16.4 Å². The summed E-state index contributed by atoms with van der Waals surface area (Å²) in [5.74, 6) is -0.129. The number of rotatable bonds is 5. The Balaban J connectivity index is 2.04. The minimum absolute atomic E-state index is 0.129. The summed E-state index contributed by atoms with van der Waals surface area (Å²) in [5, 5.41) is 9.77. The van der Waals surface area contributed by atoms with Crippen LogP contribution in [0.2, 0.25) is 0 Å². The number of aromatic nitrogens is 3. The third-order valence-corrected chi connectivity index (χ3v) is 3.82. The maximum absolute atomic E-state index is 12.2. The molecule has 19 heavy (non-hydrogen) atoms. The van der Waals surface area contributed by atoms with Gasteiger partial charge in [0.05, 0.1) is 19.3 Å². The second-order valence-corrected chi connectivity index (χ2v) is 5.34. The second kappa shape index (κ2) is 5.94. The van der Waals surface area contributed by atoms with Crippen molar-refractivity contribution < 1.29 is 4.79 Å². The van der Waals surface area contributed by atoms with Crippen molar-refractivity contribution in [1.29, 1.82) is 0 Å². The van der Waals surface area contributed by atoms with E-state index in [-0.39, 0.29) is 5.91 Å². The van der Waals surface area contributed by atoms with Crippen LogP contribution in [0.1, 0.15) is 20.9 Å². The first-order valence-corrected chi connectivity index (χ1v) is 6.88. The van der Waals surface area contributed by atoms with Gasteiger partial charge in [0.1, 0.15) is 0 Å². The molecular formula is C12H17N5OS. The van der Waals surface area contributed by atoms with E-state index in [1.807, 2.05) is 12.3 Å². The minimum atomic E-state index is -0.129. The molecule has 0 saturated carbocycles. The molecule has 2 N–H and O–H groups in total. The van der Waals surface area contributed by atoms with Gasteiger partial charge >= 0.3 is 0 Å². The molecule has 2 aromatic rings. The van der Waals surface area contributed by atoms with Crippen molar-refractivity contribution >= 4 is 17.2 Å². The van der Waals surface area contributed by atoms with Crippen molar-refractivity contribution in [2.45, 2.75) is 20.0 Å². The Morgan fingerprint density at radius 3 is 3.00 bits per heavy atom. The van der Waals surface area contributed by atoms with Crippen LogP contribution in [0.5, 0.6) is 0 Å². The van der Waals surface area contributed by atoms with Crippen LogP contribution in [0.4, 0.5) is 0 Å².